The lowest BCUT2D eigenvalue weighted by molar-refractivity contribution is 0.0769. The average Bonchev–Trinajstić information content (AvgIpc) is 1.95. The minimum Gasteiger partial charge on any atom is -0.450 e. The average molecular weight is 178 g/mol. The summed E-state index contributed by atoms with van der Waals surface area (Å²) in [5.74, 6) is 0. The monoisotopic (exact) mass is 178 g/mol. The fourth-order valence-corrected chi connectivity index (χ4v) is 0.523. The van der Waals surface area contributed by atoms with Crippen LogP contribution in [0, 0.1) is 0 Å². The first-order chi connectivity index (χ1) is 5.63. The third-order valence-corrected chi connectivity index (χ3v) is 0.990. The molecule has 0 aliphatic carbocycles. The minimum absolute atomic E-state index is 0.0678. The maximum absolute atomic E-state index is 9.79. The van der Waals surface area contributed by atoms with Crippen LogP contribution >= 0.6 is 0 Å². The van der Waals surface area contributed by atoms with Crippen LogP contribution in [0.25, 0.3) is 0 Å². The molecule has 0 aromatic heterocycles. The zero-order chi connectivity index (χ0) is 9.40. The molecule has 6 nitrogen and oxygen atoms in total. The van der Waals surface area contributed by atoms with Gasteiger partial charge in [0.15, 0.2) is 0 Å². The lowest BCUT2D eigenvalue weighted by Gasteiger charge is -2.00. The Bertz CT molecular complexity index is 136. The zero-order valence-corrected chi connectivity index (χ0v) is 6.36. The van der Waals surface area contributed by atoms with Crippen molar-refractivity contribution < 1.29 is 29.3 Å². The molecule has 0 amide bonds. The number of hydrogen-bond donors (Lipinski definition) is 2. The number of hydrogen-bond acceptors (Lipinski definition) is 4. The molecule has 0 aromatic rings. The Morgan fingerprint density at radius 1 is 0.917 bits per heavy atom. The molecule has 0 heterocycles. The van der Waals surface area contributed by atoms with Gasteiger partial charge in [0.2, 0.25) is 0 Å². The van der Waals surface area contributed by atoms with Gasteiger partial charge in [-0.15, -0.1) is 0 Å². The Labute approximate surface area is 68.7 Å². The summed E-state index contributed by atoms with van der Waals surface area (Å²) in [7, 11) is 0. The molecule has 0 unspecified atom stereocenters. The number of ether oxygens (including phenoxy) is 2. The van der Waals surface area contributed by atoms with E-state index < -0.39 is 12.3 Å². The molecule has 12 heavy (non-hydrogen) atoms. The molecule has 0 aliphatic heterocycles. The van der Waals surface area contributed by atoms with E-state index in [1.807, 2.05) is 0 Å². The van der Waals surface area contributed by atoms with Crippen molar-refractivity contribution in [3.63, 3.8) is 0 Å². The van der Waals surface area contributed by atoms with E-state index >= 15 is 0 Å². The molecule has 0 bridgehead atoms. The molecule has 0 spiro atoms. The summed E-state index contributed by atoms with van der Waals surface area (Å²) in [6, 6.07) is 0. The van der Waals surface area contributed by atoms with Crippen molar-refractivity contribution in [3.8, 4) is 0 Å². The Morgan fingerprint density at radius 2 is 1.25 bits per heavy atom. The van der Waals surface area contributed by atoms with Crippen molar-refractivity contribution in [2.45, 2.75) is 12.8 Å². The van der Waals surface area contributed by atoms with Gasteiger partial charge in [-0.25, -0.2) is 9.59 Å². The summed E-state index contributed by atoms with van der Waals surface area (Å²) in [6.45, 7) is 0.136. The van der Waals surface area contributed by atoms with Crippen LogP contribution in [0.2, 0.25) is 0 Å². The Kier molecular flexibility index (Phi) is 5.50. The number of rotatable bonds is 5. The first-order valence-electron chi connectivity index (χ1n) is 3.34. The van der Waals surface area contributed by atoms with E-state index in [1.165, 1.54) is 0 Å². The van der Waals surface area contributed by atoms with Crippen molar-refractivity contribution in [2.24, 2.45) is 0 Å². The van der Waals surface area contributed by atoms with Gasteiger partial charge in [0.1, 0.15) is 0 Å². The van der Waals surface area contributed by atoms with E-state index in [4.69, 9.17) is 10.2 Å². The standard InChI is InChI=1S/C6H10O6/c7-5(8)11-3-1-2-4-12-6(9)10/h1-4H2,(H,7,8)(H,9,10). The van der Waals surface area contributed by atoms with Gasteiger partial charge in [-0.1, -0.05) is 0 Å². The minimum atomic E-state index is -1.32. The first kappa shape index (κ1) is 10.5. The van der Waals surface area contributed by atoms with Gasteiger partial charge in [-0.05, 0) is 12.8 Å². The van der Waals surface area contributed by atoms with Crippen molar-refractivity contribution in [2.75, 3.05) is 13.2 Å². The van der Waals surface area contributed by atoms with Gasteiger partial charge < -0.3 is 19.7 Å². The molecule has 0 radical (unpaired) electrons. The molecule has 0 atom stereocenters. The van der Waals surface area contributed by atoms with Gasteiger partial charge >= 0.3 is 12.3 Å². The normalized spacial score (nSPS) is 9.00. The highest BCUT2D eigenvalue weighted by atomic mass is 16.7. The van der Waals surface area contributed by atoms with Crippen LogP contribution < -0.4 is 0 Å². The van der Waals surface area contributed by atoms with Crippen molar-refractivity contribution >= 4 is 12.3 Å². The topological polar surface area (TPSA) is 93.1 Å². The lowest BCUT2D eigenvalue weighted by atomic mass is 10.3. The highest BCUT2D eigenvalue weighted by Gasteiger charge is 1.97. The highest BCUT2D eigenvalue weighted by Crippen LogP contribution is 1.91. The first-order valence-corrected chi connectivity index (χ1v) is 3.34. The van der Waals surface area contributed by atoms with Gasteiger partial charge in [0, 0.05) is 0 Å². The smallest absolute Gasteiger partial charge is 0.450 e. The predicted molar refractivity (Wildman–Crippen MR) is 37.2 cm³/mol. The molecule has 0 saturated heterocycles. The Morgan fingerprint density at radius 3 is 1.50 bits per heavy atom. The predicted octanol–water partition coefficient (Wildman–Crippen LogP) is 1.16. The molecule has 0 saturated carbocycles. The fourth-order valence-electron chi connectivity index (χ4n) is 0.523. The van der Waals surface area contributed by atoms with Crippen LogP contribution in [-0.4, -0.2) is 35.7 Å². The number of carbonyl (C=O) groups is 2. The Balaban J connectivity index is 3.01. The SMILES string of the molecule is O=C(O)OCCCCOC(=O)O. The van der Waals surface area contributed by atoms with Crippen LogP contribution in [0.4, 0.5) is 9.59 Å². The Hall–Kier alpha value is -1.46. The molecule has 2 N–H and O–H groups in total. The number of unbranched alkanes of at least 4 members (excludes halogenated alkanes) is 1. The summed E-state index contributed by atoms with van der Waals surface area (Å²) < 4.78 is 8.33. The fraction of sp³-hybridized carbons (Fsp3) is 0.667. The second-order valence-electron chi connectivity index (χ2n) is 1.94. The summed E-state index contributed by atoms with van der Waals surface area (Å²) >= 11 is 0. The van der Waals surface area contributed by atoms with Crippen molar-refractivity contribution in [1.82, 2.24) is 0 Å². The second-order valence-corrected chi connectivity index (χ2v) is 1.94. The lowest BCUT2D eigenvalue weighted by Crippen LogP contribution is -2.05. The van der Waals surface area contributed by atoms with Gasteiger partial charge in [0.05, 0.1) is 13.2 Å². The van der Waals surface area contributed by atoms with E-state index in [1.54, 1.807) is 0 Å². The molecular weight excluding hydrogens is 168 g/mol. The molecule has 0 aromatic carbocycles. The molecule has 0 rings (SSSR count). The molecule has 70 valence electrons. The van der Waals surface area contributed by atoms with E-state index in [2.05, 4.69) is 9.47 Å². The maximum Gasteiger partial charge on any atom is 0.505 e. The second kappa shape index (κ2) is 6.26. The summed E-state index contributed by atoms with van der Waals surface area (Å²) in [5.41, 5.74) is 0. The van der Waals surface area contributed by atoms with Gasteiger partial charge in [-0.2, -0.15) is 0 Å². The zero-order valence-electron chi connectivity index (χ0n) is 6.36. The number of carboxylic acid groups (broad SMARTS) is 2. The molecule has 0 aliphatic rings. The summed E-state index contributed by atoms with van der Waals surface area (Å²) in [6.07, 6.45) is -1.73. The molecular formula is C6H10O6. The molecule has 6 heteroatoms. The van der Waals surface area contributed by atoms with Crippen LogP contribution in [0.5, 0.6) is 0 Å². The van der Waals surface area contributed by atoms with Crippen LogP contribution in [0.1, 0.15) is 12.8 Å². The van der Waals surface area contributed by atoms with Crippen molar-refractivity contribution in [3.05, 3.63) is 0 Å². The van der Waals surface area contributed by atoms with E-state index in [0.717, 1.165) is 0 Å². The largest absolute Gasteiger partial charge is 0.505 e. The third kappa shape index (κ3) is 8.54. The van der Waals surface area contributed by atoms with Crippen LogP contribution in [-0.2, 0) is 9.47 Å². The van der Waals surface area contributed by atoms with Gasteiger partial charge in [0.25, 0.3) is 0 Å². The third-order valence-electron chi connectivity index (χ3n) is 0.990. The summed E-state index contributed by atoms with van der Waals surface area (Å²) in [5, 5.41) is 16.0. The van der Waals surface area contributed by atoms with Crippen LogP contribution in [0.3, 0.4) is 0 Å². The summed E-state index contributed by atoms with van der Waals surface area (Å²) in [4.78, 5) is 19.6. The van der Waals surface area contributed by atoms with E-state index in [-0.39, 0.29) is 13.2 Å². The van der Waals surface area contributed by atoms with E-state index in [0.29, 0.717) is 12.8 Å². The van der Waals surface area contributed by atoms with Crippen LogP contribution in [0.15, 0.2) is 0 Å². The maximum atomic E-state index is 9.79. The van der Waals surface area contributed by atoms with Crippen molar-refractivity contribution in [1.29, 1.82) is 0 Å². The quantitative estimate of drug-likeness (QED) is 0.484. The molecule has 0 fully saturated rings. The highest BCUT2D eigenvalue weighted by molar-refractivity contribution is 5.57. The van der Waals surface area contributed by atoms with Gasteiger partial charge in [-0.3, -0.25) is 0 Å². The van der Waals surface area contributed by atoms with E-state index in [9.17, 15) is 9.59 Å².